The van der Waals surface area contributed by atoms with Crippen molar-refractivity contribution in [1.29, 1.82) is 0 Å². The van der Waals surface area contributed by atoms with Crippen LogP contribution in [0.2, 0.25) is 0 Å². The third-order valence-electron chi connectivity index (χ3n) is 3.19. The van der Waals surface area contributed by atoms with E-state index in [-0.39, 0.29) is 25.3 Å². The predicted molar refractivity (Wildman–Crippen MR) is 72.1 cm³/mol. The molecule has 1 heterocycles. The fraction of sp³-hybridized carbons (Fsp3) is 0.462. The van der Waals surface area contributed by atoms with Crippen molar-refractivity contribution in [3.63, 3.8) is 0 Å². The molecule has 6 nitrogen and oxygen atoms in total. The van der Waals surface area contributed by atoms with E-state index >= 15 is 0 Å². The molecule has 0 aliphatic carbocycles. The number of ether oxygens (including phenoxy) is 1. The molecule has 8 heteroatoms. The van der Waals surface area contributed by atoms with Crippen molar-refractivity contribution in [3.05, 3.63) is 29.6 Å². The van der Waals surface area contributed by atoms with Gasteiger partial charge in [0, 0.05) is 13.1 Å². The Morgan fingerprint density at radius 3 is 2.62 bits per heavy atom. The van der Waals surface area contributed by atoms with Gasteiger partial charge < -0.3 is 9.84 Å². The number of hydrogen-bond acceptors (Lipinski definition) is 4. The van der Waals surface area contributed by atoms with Crippen LogP contribution in [0.25, 0.3) is 0 Å². The Hall–Kier alpha value is -1.51. The van der Waals surface area contributed by atoms with Crippen LogP contribution in [0.15, 0.2) is 23.1 Å². The molecule has 0 spiro atoms. The highest BCUT2D eigenvalue weighted by molar-refractivity contribution is 7.89. The second kappa shape index (κ2) is 5.36. The second-order valence-corrected chi connectivity index (χ2v) is 7.30. The molecule has 116 valence electrons. The van der Waals surface area contributed by atoms with Crippen LogP contribution in [-0.2, 0) is 14.8 Å². The van der Waals surface area contributed by atoms with Crippen molar-refractivity contribution in [2.45, 2.75) is 24.3 Å². The summed E-state index contributed by atoms with van der Waals surface area (Å²) in [5.74, 6) is -2.38. The monoisotopic (exact) mass is 317 g/mol. The zero-order valence-electron chi connectivity index (χ0n) is 11.7. The maximum absolute atomic E-state index is 14.0. The lowest BCUT2D eigenvalue weighted by Gasteiger charge is -2.37. The van der Waals surface area contributed by atoms with E-state index in [4.69, 9.17) is 9.84 Å². The molecule has 1 aromatic rings. The Balaban J connectivity index is 2.38. The summed E-state index contributed by atoms with van der Waals surface area (Å²) in [5, 5.41) is 8.78. The molecule has 1 aliphatic heterocycles. The Labute approximate surface area is 122 Å². The molecule has 1 aliphatic rings. The molecule has 0 unspecified atom stereocenters. The highest BCUT2D eigenvalue weighted by Crippen LogP contribution is 2.25. The standard InChI is InChI=1S/C13H16FNO5S/c1-13(2)8-15(5-6-20-13)21(18,19)11-4-3-9(12(16)17)7-10(11)14/h3-4,7H,5-6,8H2,1-2H3,(H,16,17). The van der Waals surface area contributed by atoms with Gasteiger partial charge in [0.25, 0.3) is 0 Å². The van der Waals surface area contributed by atoms with Gasteiger partial charge in [-0.2, -0.15) is 4.31 Å². The number of sulfonamides is 1. The van der Waals surface area contributed by atoms with Crippen LogP contribution in [0, 0.1) is 5.82 Å². The summed E-state index contributed by atoms with van der Waals surface area (Å²) in [5.41, 5.74) is -0.947. The minimum Gasteiger partial charge on any atom is -0.478 e. The van der Waals surface area contributed by atoms with Crippen LogP contribution in [0.4, 0.5) is 4.39 Å². The lowest BCUT2D eigenvalue weighted by atomic mass is 10.1. The highest BCUT2D eigenvalue weighted by Gasteiger charge is 2.36. The van der Waals surface area contributed by atoms with Crippen LogP contribution in [-0.4, -0.2) is 49.1 Å². The lowest BCUT2D eigenvalue weighted by Crippen LogP contribution is -2.50. The van der Waals surface area contributed by atoms with Gasteiger partial charge in [-0.1, -0.05) is 0 Å². The number of rotatable bonds is 3. The van der Waals surface area contributed by atoms with E-state index < -0.39 is 32.3 Å². The topological polar surface area (TPSA) is 83.9 Å². The fourth-order valence-corrected chi connectivity index (χ4v) is 3.78. The number of carboxylic acid groups (broad SMARTS) is 1. The number of aromatic carboxylic acids is 1. The van der Waals surface area contributed by atoms with Crippen molar-refractivity contribution >= 4 is 16.0 Å². The van der Waals surface area contributed by atoms with Gasteiger partial charge in [0.05, 0.1) is 17.8 Å². The summed E-state index contributed by atoms with van der Waals surface area (Å²) in [6.45, 7) is 3.96. The highest BCUT2D eigenvalue weighted by atomic mass is 32.2. The lowest BCUT2D eigenvalue weighted by molar-refractivity contribution is -0.0640. The molecule has 2 rings (SSSR count). The molecular weight excluding hydrogens is 301 g/mol. The Morgan fingerprint density at radius 2 is 2.10 bits per heavy atom. The van der Waals surface area contributed by atoms with Gasteiger partial charge in [0.2, 0.25) is 10.0 Å². The van der Waals surface area contributed by atoms with Crippen molar-refractivity contribution < 1.29 is 27.4 Å². The number of benzene rings is 1. The first-order chi connectivity index (χ1) is 9.63. The zero-order chi connectivity index (χ0) is 15.8. The minimum atomic E-state index is -4.02. The summed E-state index contributed by atoms with van der Waals surface area (Å²) in [4.78, 5) is 10.2. The van der Waals surface area contributed by atoms with E-state index in [2.05, 4.69) is 0 Å². The third-order valence-corrected chi connectivity index (χ3v) is 5.07. The van der Waals surface area contributed by atoms with Gasteiger partial charge in [0.15, 0.2) is 0 Å². The van der Waals surface area contributed by atoms with Crippen LogP contribution in [0.5, 0.6) is 0 Å². The first-order valence-corrected chi connectivity index (χ1v) is 7.74. The molecule has 21 heavy (non-hydrogen) atoms. The molecule has 0 atom stereocenters. The molecule has 1 fully saturated rings. The van der Waals surface area contributed by atoms with Gasteiger partial charge in [-0.15, -0.1) is 0 Å². The molecule has 0 radical (unpaired) electrons. The van der Waals surface area contributed by atoms with Gasteiger partial charge in [-0.05, 0) is 32.0 Å². The molecule has 0 amide bonds. The predicted octanol–water partition coefficient (Wildman–Crippen LogP) is 1.32. The van der Waals surface area contributed by atoms with Crippen molar-refractivity contribution in [2.75, 3.05) is 19.7 Å². The van der Waals surface area contributed by atoms with Gasteiger partial charge >= 0.3 is 5.97 Å². The average molecular weight is 317 g/mol. The fourth-order valence-electron chi connectivity index (χ4n) is 2.16. The number of halogens is 1. The third kappa shape index (κ3) is 3.22. The zero-order valence-corrected chi connectivity index (χ0v) is 12.5. The number of carboxylic acids is 1. The summed E-state index contributed by atoms with van der Waals surface area (Å²) in [6, 6.07) is 2.77. The quantitative estimate of drug-likeness (QED) is 0.909. The van der Waals surface area contributed by atoms with E-state index in [9.17, 15) is 17.6 Å². The first-order valence-electron chi connectivity index (χ1n) is 6.30. The first kappa shape index (κ1) is 15.9. The summed E-state index contributed by atoms with van der Waals surface area (Å²) in [7, 11) is -4.02. The van der Waals surface area contributed by atoms with E-state index in [1.807, 2.05) is 0 Å². The van der Waals surface area contributed by atoms with Crippen molar-refractivity contribution in [3.8, 4) is 0 Å². The molecule has 1 aromatic carbocycles. The molecule has 0 saturated carbocycles. The van der Waals surface area contributed by atoms with Gasteiger partial charge in [-0.25, -0.2) is 17.6 Å². The Bertz CT molecular complexity index is 671. The number of nitrogens with zero attached hydrogens (tertiary/aromatic N) is 1. The smallest absolute Gasteiger partial charge is 0.335 e. The van der Waals surface area contributed by atoms with E-state index in [1.165, 1.54) is 0 Å². The molecule has 0 bridgehead atoms. The Morgan fingerprint density at radius 1 is 1.43 bits per heavy atom. The molecule has 1 N–H and O–H groups in total. The van der Waals surface area contributed by atoms with Crippen LogP contribution in [0.1, 0.15) is 24.2 Å². The van der Waals surface area contributed by atoms with Crippen LogP contribution >= 0.6 is 0 Å². The van der Waals surface area contributed by atoms with Crippen LogP contribution in [0.3, 0.4) is 0 Å². The molecule has 1 saturated heterocycles. The number of carbonyl (C=O) groups is 1. The summed E-state index contributed by atoms with van der Waals surface area (Å²) >= 11 is 0. The van der Waals surface area contributed by atoms with E-state index in [1.54, 1.807) is 13.8 Å². The summed E-state index contributed by atoms with van der Waals surface area (Å²) in [6.07, 6.45) is 0. The average Bonchev–Trinajstić information content (AvgIpc) is 2.36. The largest absolute Gasteiger partial charge is 0.478 e. The number of morpholine rings is 1. The SMILES string of the molecule is CC1(C)CN(S(=O)(=O)c2ccc(C(=O)O)cc2F)CCO1. The molecular formula is C13H16FNO5S. The Kier molecular flexibility index (Phi) is 4.05. The second-order valence-electron chi connectivity index (χ2n) is 5.40. The van der Waals surface area contributed by atoms with Crippen molar-refractivity contribution in [1.82, 2.24) is 4.31 Å². The summed E-state index contributed by atoms with van der Waals surface area (Å²) < 4.78 is 45.5. The molecule has 0 aromatic heterocycles. The van der Waals surface area contributed by atoms with Crippen molar-refractivity contribution in [2.24, 2.45) is 0 Å². The van der Waals surface area contributed by atoms with E-state index in [0.29, 0.717) is 6.07 Å². The number of hydrogen-bond donors (Lipinski definition) is 1. The van der Waals surface area contributed by atoms with Crippen LogP contribution < -0.4 is 0 Å². The van der Waals surface area contributed by atoms with E-state index in [0.717, 1.165) is 16.4 Å². The maximum atomic E-state index is 14.0. The maximum Gasteiger partial charge on any atom is 0.335 e. The normalized spacial score (nSPS) is 19.4. The van der Waals surface area contributed by atoms with Gasteiger partial charge in [-0.3, -0.25) is 0 Å². The van der Waals surface area contributed by atoms with Gasteiger partial charge in [0.1, 0.15) is 10.7 Å². The minimum absolute atomic E-state index is 0.107.